The van der Waals surface area contributed by atoms with Gasteiger partial charge >= 0.3 is 0 Å². The lowest BCUT2D eigenvalue weighted by molar-refractivity contribution is -0.385. The summed E-state index contributed by atoms with van der Waals surface area (Å²) in [5, 5.41) is 17.3. The molecule has 0 saturated carbocycles. The lowest BCUT2D eigenvalue weighted by atomic mass is 10.1. The molecular formula is C12H18N4O2. The topological polar surface area (TPSA) is 80.1 Å². The van der Waals surface area contributed by atoms with Crippen LogP contribution in [0.3, 0.4) is 0 Å². The van der Waals surface area contributed by atoms with E-state index in [0.29, 0.717) is 17.4 Å². The summed E-state index contributed by atoms with van der Waals surface area (Å²) in [5.41, 5.74) is 0.699. The average molecular weight is 250 g/mol. The number of anilines is 1. The first-order chi connectivity index (χ1) is 8.66. The van der Waals surface area contributed by atoms with Gasteiger partial charge in [-0.2, -0.15) is 0 Å². The maximum atomic E-state index is 10.7. The normalized spacial score (nSPS) is 19.5. The Morgan fingerprint density at radius 2 is 2.44 bits per heavy atom. The first kappa shape index (κ1) is 12.8. The molecule has 6 heteroatoms. The van der Waals surface area contributed by atoms with Gasteiger partial charge in [-0.15, -0.1) is 0 Å². The van der Waals surface area contributed by atoms with Crippen LogP contribution in [0, 0.1) is 17.0 Å². The molecule has 0 aliphatic carbocycles. The van der Waals surface area contributed by atoms with Crippen LogP contribution >= 0.6 is 0 Å². The monoisotopic (exact) mass is 250 g/mol. The minimum Gasteiger partial charge on any atom is -0.368 e. The Morgan fingerprint density at radius 3 is 3.06 bits per heavy atom. The smallest absolute Gasteiger partial charge is 0.290 e. The van der Waals surface area contributed by atoms with Crippen LogP contribution in [0.1, 0.15) is 24.8 Å². The highest BCUT2D eigenvalue weighted by atomic mass is 16.6. The zero-order valence-corrected chi connectivity index (χ0v) is 10.5. The third-order valence-corrected chi connectivity index (χ3v) is 3.22. The van der Waals surface area contributed by atoms with Gasteiger partial charge in [0, 0.05) is 18.2 Å². The number of aromatic nitrogens is 1. The second-order valence-electron chi connectivity index (χ2n) is 4.64. The molecule has 2 heterocycles. The van der Waals surface area contributed by atoms with E-state index in [0.717, 1.165) is 13.1 Å². The Bertz CT molecular complexity index is 430. The molecule has 18 heavy (non-hydrogen) atoms. The third-order valence-electron chi connectivity index (χ3n) is 3.22. The molecule has 2 rings (SSSR count). The molecule has 0 radical (unpaired) electrons. The van der Waals surface area contributed by atoms with Crippen molar-refractivity contribution in [2.24, 2.45) is 0 Å². The molecule has 2 N–H and O–H groups in total. The molecule has 1 atom stereocenters. The van der Waals surface area contributed by atoms with Crippen molar-refractivity contribution in [3.8, 4) is 0 Å². The Labute approximate surface area is 106 Å². The Morgan fingerprint density at radius 1 is 1.61 bits per heavy atom. The number of rotatable bonds is 4. The van der Waals surface area contributed by atoms with E-state index in [1.54, 1.807) is 13.0 Å². The van der Waals surface area contributed by atoms with Crippen LogP contribution < -0.4 is 10.6 Å². The lowest BCUT2D eigenvalue weighted by Crippen LogP contribution is -2.39. The molecule has 0 amide bonds. The second-order valence-corrected chi connectivity index (χ2v) is 4.64. The van der Waals surface area contributed by atoms with Crippen molar-refractivity contribution in [3.63, 3.8) is 0 Å². The van der Waals surface area contributed by atoms with Gasteiger partial charge in [-0.25, -0.2) is 4.98 Å². The molecule has 1 fully saturated rings. The zero-order valence-electron chi connectivity index (χ0n) is 10.5. The van der Waals surface area contributed by atoms with Gasteiger partial charge in [-0.1, -0.05) is 6.42 Å². The van der Waals surface area contributed by atoms with Crippen molar-refractivity contribution in [3.05, 3.63) is 27.9 Å². The van der Waals surface area contributed by atoms with Gasteiger partial charge in [-0.05, 0) is 32.4 Å². The van der Waals surface area contributed by atoms with E-state index in [-0.39, 0.29) is 5.69 Å². The number of piperidine rings is 1. The third kappa shape index (κ3) is 3.16. The first-order valence-electron chi connectivity index (χ1n) is 6.25. The predicted molar refractivity (Wildman–Crippen MR) is 69.8 cm³/mol. The molecule has 1 aliphatic heterocycles. The Balaban J connectivity index is 1.93. The molecule has 1 saturated heterocycles. The summed E-state index contributed by atoms with van der Waals surface area (Å²) in [6.07, 6.45) is 4.97. The molecule has 0 aromatic carbocycles. The summed E-state index contributed by atoms with van der Waals surface area (Å²) < 4.78 is 0. The quantitative estimate of drug-likeness (QED) is 0.629. The van der Waals surface area contributed by atoms with Crippen molar-refractivity contribution < 1.29 is 4.92 Å². The van der Waals surface area contributed by atoms with Crippen LogP contribution in [-0.4, -0.2) is 29.0 Å². The second kappa shape index (κ2) is 5.77. The summed E-state index contributed by atoms with van der Waals surface area (Å²) in [6, 6.07) is 2.19. The largest absolute Gasteiger partial charge is 0.368 e. The molecule has 1 aromatic rings. The van der Waals surface area contributed by atoms with Crippen LogP contribution in [-0.2, 0) is 0 Å². The maximum absolute atomic E-state index is 10.7. The van der Waals surface area contributed by atoms with Crippen LogP contribution in [0.25, 0.3) is 0 Å². The molecule has 6 nitrogen and oxygen atoms in total. The highest BCUT2D eigenvalue weighted by Gasteiger charge is 2.14. The minimum absolute atomic E-state index is 0.0661. The Hall–Kier alpha value is -1.69. The van der Waals surface area contributed by atoms with Gasteiger partial charge in [0.2, 0.25) is 0 Å². The number of aryl methyl sites for hydroxylation is 1. The first-order valence-corrected chi connectivity index (χ1v) is 6.25. The zero-order chi connectivity index (χ0) is 13.0. The van der Waals surface area contributed by atoms with Gasteiger partial charge in [-0.3, -0.25) is 10.1 Å². The van der Waals surface area contributed by atoms with Crippen molar-refractivity contribution in [1.29, 1.82) is 0 Å². The maximum Gasteiger partial charge on any atom is 0.290 e. The highest BCUT2D eigenvalue weighted by molar-refractivity contribution is 5.46. The lowest BCUT2D eigenvalue weighted by Gasteiger charge is -2.23. The van der Waals surface area contributed by atoms with Gasteiger partial charge in [0.15, 0.2) is 0 Å². The van der Waals surface area contributed by atoms with Crippen LogP contribution in [0.15, 0.2) is 12.3 Å². The van der Waals surface area contributed by atoms with Crippen LogP contribution in [0.2, 0.25) is 0 Å². The van der Waals surface area contributed by atoms with E-state index in [4.69, 9.17) is 0 Å². The molecule has 1 aromatic heterocycles. The van der Waals surface area contributed by atoms with Crippen molar-refractivity contribution >= 4 is 11.5 Å². The predicted octanol–water partition coefficient (Wildman–Crippen LogP) is 1.85. The molecule has 0 bridgehead atoms. The number of hydrogen-bond donors (Lipinski definition) is 2. The summed E-state index contributed by atoms with van der Waals surface area (Å²) in [6.45, 7) is 3.60. The van der Waals surface area contributed by atoms with Gasteiger partial charge < -0.3 is 10.6 Å². The van der Waals surface area contributed by atoms with E-state index in [1.807, 2.05) is 0 Å². The molecule has 98 valence electrons. The fraction of sp³-hybridized carbons (Fsp3) is 0.583. The van der Waals surface area contributed by atoms with E-state index in [1.165, 1.54) is 25.5 Å². The number of nitrogens with zero attached hydrogens (tertiary/aromatic N) is 2. The summed E-state index contributed by atoms with van der Waals surface area (Å²) in [7, 11) is 0. The number of nitrogens with one attached hydrogen (secondary N) is 2. The SMILES string of the molecule is Cc1cc(NC[C@@H]2CCCCN2)ncc1[N+](=O)[O-]. The molecule has 0 spiro atoms. The van der Waals surface area contributed by atoms with Gasteiger partial charge in [0.1, 0.15) is 12.0 Å². The number of nitro groups is 1. The van der Waals surface area contributed by atoms with Crippen LogP contribution in [0.4, 0.5) is 11.5 Å². The van der Waals surface area contributed by atoms with E-state index in [9.17, 15) is 10.1 Å². The molecule has 0 unspecified atom stereocenters. The van der Waals surface area contributed by atoms with Crippen LogP contribution in [0.5, 0.6) is 0 Å². The fourth-order valence-electron chi connectivity index (χ4n) is 2.16. The van der Waals surface area contributed by atoms with Crippen molar-refractivity contribution in [2.45, 2.75) is 32.2 Å². The summed E-state index contributed by atoms with van der Waals surface area (Å²) in [5.74, 6) is 0.700. The summed E-state index contributed by atoms with van der Waals surface area (Å²) in [4.78, 5) is 14.3. The summed E-state index contributed by atoms with van der Waals surface area (Å²) >= 11 is 0. The van der Waals surface area contributed by atoms with Gasteiger partial charge in [0.25, 0.3) is 5.69 Å². The average Bonchev–Trinajstić information content (AvgIpc) is 2.37. The fourth-order valence-corrected chi connectivity index (χ4v) is 2.16. The molecule has 1 aliphatic rings. The van der Waals surface area contributed by atoms with Crippen molar-refractivity contribution in [1.82, 2.24) is 10.3 Å². The minimum atomic E-state index is -0.408. The number of hydrogen-bond acceptors (Lipinski definition) is 5. The standard InChI is InChI=1S/C12H18N4O2/c1-9-6-12(15-8-11(9)16(17)18)14-7-10-4-2-3-5-13-10/h6,8,10,13H,2-5,7H2,1H3,(H,14,15)/t10-/m0/s1. The van der Waals surface area contributed by atoms with E-state index >= 15 is 0 Å². The van der Waals surface area contributed by atoms with E-state index in [2.05, 4.69) is 15.6 Å². The van der Waals surface area contributed by atoms with Crippen molar-refractivity contribution in [2.75, 3.05) is 18.4 Å². The van der Waals surface area contributed by atoms with Gasteiger partial charge in [0.05, 0.1) is 4.92 Å². The number of pyridine rings is 1. The molecular weight excluding hydrogens is 232 g/mol. The highest BCUT2D eigenvalue weighted by Crippen LogP contribution is 2.19. The Kier molecular flexibility index (Phi) is 4.09. The van der Waals surface area contributed by atoms with E-state index < -0.39 is 4.92 Å².